The number of carbonyl (C=O) groups is 2. The highest BCUT2D eigenvalue weighted by Gasteiger charge is 2.27. The Labute approximate surface area is 169 Å². The van der Waals surface area contributed by atoms with Crippen LogP contribution in [-0.4, -0.2) is 30.2 Å². The van der Waals surface area contributed by atoms with Crippen molar-refractivity contribution in [3.05, 3.63) is 46.3 Å². The number of anilines is 1. The fourth-order valence-electron chi connectivity index (χ4n) is 4.13. The minimum absolute atomic E-state index is 0.000471. The zero-order valence-corrected chi connectivity index (χ0v) is 16.9. The quantitative estimate of drug-likeness (QED) is 0.724. The van der Waals surface area contributed by atoms with Crippen molar-refractivity contribution >= 4 is 27.5 Å². The predicted octanol–water partition coefficient (Wildman–Crippen LogP) is 2.10. The van der Waals surface area contributed by atoms with E-state index in [1.165, 1.54) is 30.3 Å². The van der Waals surface area contributed by atoms with Crippen molar-refractivity contribution in [2.24, 2.45) is 0 Å². The highest BCUT2D eigenvalue weighted by molar-refractivity contribution is 7.89. The molecule has 1 aromatic heterocycles. The Kier molecular flexibility index (Phi) is 5.08. The number of hydrogen-bond donors (Lipinski definition) is 2. The van der Waals surface area contributed by atoms with Gasteiger partial charge in [0.05, 0.1) is 5.69 Å². The molecule has 9 heteroatoms. The molecule has 2 amide bonds. The number of sulfonamides is 1. The number of carbonyl (C=O) groups excluding carboxylic acids is 2. The number of amides is 2. The van der Waals surface area contributed by atoms with Crippen molar-refractivity contribution in [2.75, 3.05) is 5.32 Å². The highest BCUT2D eigenvalue weighted by atomic mass is 32.2. The minimum atomic E-state index is -4.26. The summed E-state index contributed by atoms with van der Waals surface area (Å²) in [6.07, 6.45) is 7.03. The molecule has 152 valence electrons. The number of urea groups is 1. The Bertz CT molecular complexity index is 1080. The molecule has 29 heavy (non-hydrogen) atoms. The van der Waals surface area contributed by atoms with E-state index >= 15 is 0 Å². The lowest BCUT2D eigenvalue weighted by atomic mass is 9.99. The molecule has 0 spiro atoms. The summed E-state index contributed by atoms with van der Waals surface area (Å²) in [5.41, 5.74) is 5.74. The van der Waals surface area contributed by atoms with Gasteiger partial charge in [-0.15, -0.1) is 0 Å². The Hall–Kier alpha value is -2.81. The molecule has 2 N–H and O–H groups in total. The molecule has 2 aliphatic rings. The predicted molar refractivity (Wildman–Crippen MR) is 106 cm³/mol. The van der Waals surface area contributed by atoms with Gasteiger partial charge in [-0.2, -0.15) is 8.42 Å². The fourth-order valence-corrected chi connectivity index (χ4v) is 4.96. The van der Waals surface area contributed by atoms with Crippen molar-refractivity contribution in [3.63, 3.8) is 0 Å². The first-order valence-electron chi connectivity index (χ1n) is 9.65. The molecule has 1 aromatic carbocycles. The van der Waals surface area contributed by atoms with E-state index in [2.05, 4.69) is 21.4 Å². The van der Waals surface area contributed by atoms with E-state index in [9.17, 15) is 18.0 Å². The molecular weight excluding hydrogens is 392 g/mol. The Morgan fingerprint density at radius 3 is 2.34 bits per heavy atom. The van der Waals surface area contributed by atoms with Crippen LogP contribution < -0.4 is 10.0 Å². The smallest absolute Gasteiger partial charge is 0.307 e. The van der Waals surface area contributed by atoms with Crippen molar-refractivity contribution in [1.29, 1.82) is 0 Å². The summed E-state index contributed by atoms with van der Waals surface area (Å²) in [6, 6.07) is 2.87. The standard InChI is InChI=1S/C20H22N4O4S/c1-12(25)10-15-8-9-21-20(22-15)29(27,28)24-19(26)23-18-16-6-2-4-13(16)11-14-5-3-7-17(14)18/h8-9,11H,2-7,10H2,1H3,(H2,23,24,26). The van der Waals surface area contributed by atoms with Gasteiger partial charge in [-0.1, -0.05) is 6.07 Å². The SMILES string of the molecule is CC(=O)Cc1ccnc(S(=O)(=O)NC(=O)Nc2c3c(cc4c2CCC4)CCC3)n1. The average Bonchev–Trinajstić information content (AvgIpc) is 3.29. The third-order valence-corrected chi connectivity index (χ3v) is 6.43. The van der Waals surface area contributed by atoms with Gasteiger partial charge in [0.1, 0.15) is 5.78 Å². The second-order valence-electron chi connectivity index (χ2n) is 7.50. The van der Waals surface area contributed by atoms with Crippen LogP contribution in [0.15, 0.2) is 23.5 Å². The van der Waals surface area contributed by atoms with Crippen LogP contribution in [0, 0.1) is 0 Å². The molecule has 8 nitrogen and oxygen atoms in total. The van der Waals surface area contributed by atoms with Gasteiger partial charge in [0.15, 0.2) is 0 Å². The van der Waals surface area contributed by atoms with E-state index in [-0.39, 0.29) is 17.9 Å². The molecule has 0 radical (unpaired) electrons. The zero-order valence-electron chi connectivity index (χ0n) is 16.1. The molecule has 0 saturated carbocycles. The van der Waals surface area contributed by atoms with Crippen molar-refractivity contribution < 1.29 is 18.0 Å². The lowest BCUT2D eigenvalue weighted by Crippen LogP contribution is -2.36. The van der Waals surface area contributed by atoms with Gasteiger partial charge in [-0.3, -0.25) is 4.79 Å². The Morgan fingerprint density at radius 2 is 1.72 bits per heavy atom. The topological polar surface area (TPSA) is 118 Å². The van der Waals surface area contributed by atoms with Crippen LogP contribution in [-0.2, 0) is 46.9 Å². The van der Waals surface area contributed by atoms with Crippen LogP contribution in [0.2, 0.25) is 0 Å². The second-order valence-corrected chi connectivity index (χ2v) is 9.08. The number of ketones is 1. The molecule has 0 saturated heterocycles. The number of nitrogens with zero attached hydrogens (tertiary/aromatic N) is 2. The number of aryl methyl sites for hydroxylation is 2. The average molecular weight is 414 g/mol. The largest absolute Gasteiger partial charge is 0.333 e. The molecule has 0 bridgehead atoms. The molecule has 0 fully saturated rings. The first-order chi connectivity index (χ1) is 13.8. The summed E-state index contributed by atoms with van der Waals surface area (Å²) in [6.45, 7) is 1.39. The summed E-state index contributed by atoms with van der Waals surface area (Å²) in [7, 11) is -4.26. The monoisotopic (exact) mass is 414 g/mol. The lowest BCUT2D eigenvalue weighted by Gasteiger charge is -2.16. The van der Waals surface area contributed by atoms with E-state index in [4.69, 9.17) is 0 Å². The molecule has 4 rings (SSSR count). The molecule has 1 heterocycles. The first kappa shape index (κ1) is 19.5. The third kappa shape index (κ3) is 4.00. The lowest BCUT2D eigenvalue weighted by molar-refractivity contribution is -0.116. The highest BCUT2D eigenvalue weighted by Crippen LogP contribution is 2.38. The Morgan fingerprint density at radius 1 is 1.07 bits per heavy atom. The van der Waals surface area contributed by atoms with Gasteiger partial charge >= 0.3 is 16.1 Å². The van der Waals surface area contributed by atoms with Crippen molar-refractivity contribution in [3.8, 4) is 0 Å². The van der Waals surface area contributed by atoms with Gasteiger partial charge in [-0.05, 0) is 73.8 Å². The normalized spacial score (nSPS) is 14.9. The summed E-state index contributed by atoms with van der Waals surface area (Å²) < 4.78 is 27.1. The van der Waals surface area contributed by atoms with E-state index in [1.807, 2.05) is 4.72 Å². The molecule has 0 unspecified atom stereocenters. The van der Waals surface area contributed by atoms with Crippen LogP contribution in [0.5, 0.6) is 0 Å². The van der Waals surface area contributed by atoms with E-state index in [0.717, 1.165) is 55.3 Å². The van der Waals surface area contributed by atoms with Gasteiger partial charge in [0, 0.05) is 18.3 Å². The fraction of sp³-hybridized carbons (Fsp3) is 0.400. The van der Waals surface area contributed by atoms with Gasteiger partial charge in [0.2, 0.25) is 0 Å². The maximum atomic E-state index is 12.6. The number of Topliss-reactive ketones (excluding diaryl/α,β-unsaturated/α-hetero) is 1. The number of nitrogens with one attached hydrogen (secondary N) is 2. The first-order valence-corrected chi connectivity index (χ1v) is 11.1. The second kappa shape index (κ2) is 7.55. The zero-order chi connectivity index (χ0) is 20.6. The molecule has 2 aliphatic carbocycles. The van der Waals surface area contributed by atoms with Crippen LogP contribution >= 0.6 is 0 Å². The van der Waals surface area contributed by atoms with E-state index < -0.39 is 21.2 Å². The van der Waals surface area contributed by atoms with Crippen LogP contribution in [0.3, 0.4) is 0 Å². The van der Waals surface area contributed by atoms with Crippen LogP contribution in [0.4, 0.5) is 10.5 Å². The Balaban J connectivity index is 1.56. The third-order valence-electron chi connectivity index (χ3n) is 5.30. The number of aromatic nitrogens is 2. The van der Waals surface area contributed by atoms with E-state index in [1.54, 1.807) is 0 Å². The minimum Gasteiger partial charge on any atom is -0.307 e. The summed E-state index contributed by atoms with van der Waals surface area (Å²) in [5, 5.41) is 2.24. The number of benzene rings is 1. The number of rotatable bonds is 5. The molecule has 2 aromatic rings. The van der Waals surface area contributed by atoms with Gasteiger partial charge in [0.25, 0.3) is 5.16 Å². The maximum absolute atomic E-state index is 12.6. The van der Waals surface area contributed by atoms with Crippen LogP contribution in [0.1, 0.15) is 47.7 Å². The molecule has 0 atom stereocenters. The van der Waals surface area contributed by atoms with Gasteiger partial charge < -0.3 is 5.32 Å². The van der Waals surface area contributed by atoms with Crippen molar-refractivity contribution in [1.82, 2.24) is 14.7 Å². The van der Waals surface area contributed by atoms with Crippen molar-refractivity contribution in [2.45, 2.75) is 57.0 Å². The summed E-state index contributed by atoms with van der Waals surface area (Å²) in [4.78, 5) is 31.4. The number of hydrogen-bond acceptors (Lipinski definition) is 6. The van der Waals surface area contributed by atoms with Gasteiger partial charge in [-0.25, -0.2) is 19.5 Å². The summed E-state index contributed by atoms with van der Waals surface area (Å²) in [5.74, 6) is -0.149. The maximum Gasteiger partial charge on any atom is 0.333 e. The molecular formula is C20H22N4O4S. The van der Waals surface area contributed by atoms with E-state index in [0.29, 0.717) is 0 Å². The number of fused-ring (bicyclic) bond motifs is 2. The molecule has 0 aliphatic heterocycles. The summed E-state index contributed by atoms with van der Waals surface area (Å²) >= 11 is 0. The van der Waals surface area contributed by atoms with Crippen LogP contribution in [0.25, 0.3) is 0 Å².